The van der Waals surface area contributed by atoms with Crippen LogP contribution in [0.1, 0.15) is 26.5 Å². The van der Waals surface area contributed by atoms with E-state index >= 15 is 0 Å². The van der Waals surface area contributed by atoms with Crippen molar-refractivity contribution in [3.8, 4) is 5.69 Å². The van der Waals surface area contributed by atoms with Crippen LogP contribution < -0.4 is 10.9 Å². The topological polar surface area (TPSA) is 91.8 Å². The molecule has 2 aromatic heterocycles. The molecule has 1 aromatic carbocycles. The summed E-state index contributed by atoms with van der Waals surface area (Å²) in [5.41, 5.74) is 2.14. The Balaban J connectivity index is 1.87. The number of aromatic amines is 1. The number of benzene rings is 1. The van der Waals surface area contributed by atoms with Crippen LogP contribution >= 0.6 is 11.6 Å². The van der Waals surface area contributed by atoms with E-state index < -0.39 is 29.2 Å². The first-order valence-electron chi connectivity index (χ1n) is 7.42. The fraction of sp³-hybridized carbons (Fsp3) is 0.0625. The SMILES string of the molecule is O=C(NNC(=O)c1cnn(-c2ccc(Cl)cc2)c1C(F)(F)F)c1ccc[nH]1. The van der Waals surface area contributed by atoms with Gasteiger partial charge in [0, 0.05) is 11.2 Å². The molecule has 0 aliphatic rings. The fourth-order valence-electron chi connectivity index (χ4n) is 2.29. The number of H-pyrrole nitrogens is 1. The van der Waals surface area contributed by atoms with Gasteiger partial charge in [0.25, 0.3) is 11.8 Å². The Bertz CT molecular complexity index is 965. The standard InChI is InChI=1S/C16H11ClF3N5O2/c17-9-3-5-10(6-4-9)25-13(16(18,19)20)11(8-22-25)14(26)23-24-15(27)12-2-1-7-21-12/h1-8,21H,(H,23,26)(H,24,27). The lowest BCUT2D eigenvalue weighted by molar-refractivity contribution is -0.143. The van der Waals surface area contributed by atoms with Crippen molar-refractivity contribution < 1.29 is 22.8 Å². The number of alkyl halides is 3. The number of rotatable bonds is 3. The normalized spacial score (nSPS) is 11.3. The van der Waals surface area contributed by atoms with Crippen molar-refractivity contribution in [2.45, 2.75) is 6.18 Å². The van der Waals surface area contributed by atoms with Crippen LogP contribution in [0.15, 0.2) is 48.8 Å². The molecule has 3 aromatic rings. The minimum Gasteiger partial charge on any atom is -0.357 e. The molecular weight excluding hydrogens is 387 g/mol. The Morgan fingerprint density at radius 3 is 2.33 bits per heavy atom. The van der Waals surface area contributed by atoms with Gasteiger partial charge in [-0.2, -0.15) is 18.3 Å². The molecule has 3 N–H and O–H groups in total. The van der Waals surface area contributed by atoms with Crippen molar-refractivity contribution in [3.05, 3.63) is 70.8 Å². The van der Waals surface area contributed by atoms with Crippen LogP contribution in [0.25, 0.3) is 5.69 Å². The molecule has 0 aliphatic heterocycles. The first kappa shape index (κ1) is 18.5. The number of hydrogen-bond donors (Lipinski definition) is 3. The quantitative estimate of drug-likeness (QED) is 0.593. The highest BCUT2D eigenvalue weighted by atomic mass is 35.5. The summed E-state index contributed by atoms with van der Waals surface area (Å²) in [5, 5.41) is 3.99. The molecule has 0 unspecified atom stereocenters. The lowest BCUT2D eigenvalue weighted by atomic mass is 10.2. The zero-order chi connectivity index (χ0) is 19.6. The molecule has 0 spiro atoms. The van der Waals surface area contributed by atoms with Crippen LogP contribution in [-0.2, 0) is 6.18 Å². The number of nitrogens with one attached hydrogen (secondary N) is 3. The number of carbonyl (C=O) groups is 2. The second-order valence-corrected chi connectivity index (χ2v) is 5.72. The van der Waals surface area contributed by atoms with Gasteiger partial charge in [0.1, 0.15) is 5.69 Å². The molecule has 11 heteroatoms. The van der Waals surface area contributed by atoms with E-state index in [0.717, 1.165) is 6.20 Å². The number of amides is 2. The lowest BCUT2D eigenvalue weighted by Crippen LogP contribution is -2.42. The second-order valence-electron chi connectivity index (χ2n) is 5.28. The maximum Gasteiger partial charge on any atom is 0.434 e. The molecule has 7 nitrogen and oxygen atoms in total. The average Bonchev–Trinajstić information content (AvgIpc) is 3.29. The van der Waals surface area contributed by atoms with E-state index in [9.17, 15) is 22.8 Å². The Morgan fingerprint density at radius 1 is 1.07 bits per heavy atom. The zero-order valence-electron chi connectivity index (χ0n) is 13.3. The van der Waals surface area contributed by atoms with E-state index in [2.05, 4.69) is 10.1 Å². The summed E-state index contributed by atoms with van der Waals surface area (Å²) in [5.74, 6) is -1.88. The molecule has 3 rings (SSSR count). The predicted molar refractivity (Wildman–Crippen MR) is 89.3 cm³/mol. The van der Waals surface area contributed by atoms with Gasteiger partial charge >= 0.3 is 6.18 Å². The average molecular weight is 398 g/mol. The molecule has 2 heterocycles. The van der Waals surface area contributed by atoms with Gasteiger partial charge < -0.3 is 4.98 Å². The summed E-state index contributed by atoms with van der Waals surface area (Å²) in [4.78, 5) is 26.5. The van der Waals surface area contributed by atoms with E-state index in [-0.39, 0.29) is 11.4 Å². The summed E-state index contributed by atoms with van der Waals surface area (Å²) >= 11 is 5.74. The Hall–Kier alpha value is -3.27. The summed E-state index contributed by atoms with van der Waals surface area (Å²) in [6, 6.07) is 8.44. The minimum absolute atomic E-state index is 0.0706. The van der Waals surface area contributed by atoms with E-state index in [1.807, 2.05) is 10.9 Å². The molecule has 140 valence electrons. The molecular formula is C16H11ClF3N5O2. The molecule has 0 radical (unpaired) electrons. The first-order valence-corrected chi connectivity index (χ1v) is 7.80. The number of nitrogens with zero attached hydrogens (tertiary/aromatic N) is 2. The van der Waals surface area contributed by atoms with Crippen molar-refractivity contribution in [1.29, 1.82) is 0 Å². The Labute approximate surface area is 155 Å². The highest BCUT2D eigenvalue weighted by Gasteiger charge is 2.40. The van der Waals surface area contributed by atoms with Crippen molar-refractivity contribution in [3.63, 3.8) is 0 Å². The smallest absolute Gasteiger partial charge is 0.357 e. The maximum atomic E-state index is 13.5. The molecule has 2 amide bonds. The Kier molecular flexibility index (Phi) is 4.91. The summed E-state index contributed by atoms with van der Waals surface area (Å²) < 4.78 is 41.2. The lowest BCUT2D eigenvalue weighted by Gasteiger charge is -2.13. The van der Waals surface area contributed by atoms with Gasteiger partial charge in [-0.15, -0.1) is 0 Å². The predicted octanol–water partition coefficient (Wildman–Crippen LogP) is 2.95. The highest BCUT2D eigenvalue weighted by molar-refractivity contribution is 6.30. The number of hydrazine groups is 1. The summed E-state index contributed by atoms with van der Waals surface area (Å²) in [6.45, 7) is 0. The number of hydrogen-bond acceptors (Lipinski definition) is 3. The third-order valence-corrected chi connectivity index (χ3v) is 3.74. The Morgan fingerprint density at radius 2 is 1.74 bits per heavy atom. The molecule has 27 heavy (non-hydrogen) atoms. The number of carbonyl (C=O) groups excluding carboxylic acids is 2. The number of aromatic nitrogens is 3. The van der Waals surface area contributed by atoms with E-state index in [0.29, 0.717) is 9.70 Å². The molecule has 0 atom stereocenters. The minimum atomic E-state index is -4.87. The van der Waals surface area contributed by atoms with Gasteiger partial charge in [-0.1, -0.05) is 11.6 Å². The van der Waals surface area contributed by atoms with Crippen LogP contribution in [-0.4, -0.2) is 26.6 Å². The van der Waals surface area contributed by atoms with Gasteiger partial charge in [-0.3, -0.25) is 20.4 Å². The molecule has 0 saturated carbocycles. The van der Waals surface area contributed by atoms with E-state index in [1.165, 1.54) is 36.5 Å². The third-order valence-electron chi connectivity index (χ3n) is 3.49. The zero-order valence-corrected chi connectivity index (χ0v) is 14.1. The van der Waals surface area contributed by atoms with Crippen LogP contribution in [0.4, 0.5) is 13.2 Å². The van der Waals surface area contributed by atoms with E-state index in [1.54, 1.807) is 6.07 Å². The highest BCUT2D eigenvalue weighted by Crippen LogP contribution is 2.33. The van der Waals surface area contributed by atoms with Gasteiger partial charge in [0.2, 0.25) is 0 Å². The van der Waals surface area contributed by atoms with Crippen LogP contribution in [0.5, 0.6) is 0 Å². The number of halogens is 4. The molecule has 0 bridgehead atoms. The molecule has 0 aliphatic carbocycles. The van der Waals surface area contributed by atoms with Gasteiger partial charge in [0.15, 0.2) is 5.69 Å². The van der Waals surface area contributed by atoms with Gasteiger partial charge in [-0.05, 0) is 36.4 Å². The van der Waals surface area contributed by atoms with Crippen molar-refractivity contribution in [1.82, 2.24) is 25.6 Å². The second kappa shape index (κ2) is 7.16. The first-order chi connectivity index (χ1) is 12.8. The van der Waals surface area contributed by atoms with Gasteiger partial charge in [-0.25, -0.2) is 4.68 Å². The van der Waals surface area contributed by atoms with E-state index in [4.69, 9.17) is 11.6 Å². The molecule has 0 fully saturated rings. The summed E-state index contributed by atoms with van der Waals surface area (Å²) in [6.07, 6.45) is -2.62. The monoisotopic (exact) mass is 397 g/mol. The third kappa shape index (κ3) is 3.95. The van der Waals surface area contributed by atoms with Crippen LogP contribution in [0.2, 0.25) is 5.02 Å². The van der Waals surface area contributed by atoms with Crippen LogP contribution in [0.3, 0.4) is 0 Å². The maximum absolute atomic E-state index is 13.5. The van der Waals surface area contributed by atoms with Crippen LogP contribution in [0, 0.1) is 0 Å². The van der Waals surface area contributed by atoms with Crippen molar-refractivity contribution >= 4 is 23.4 Å². The largest absolute Gasteiger partial charge is 0.434 e. The molecule has 0 saturated heterocycles. The summed E-state index contributed by atoms with van der Waals surface area (Å²) in [7, 11) is 0. The van der Waals surface area contributed by atoms with Crippen molar-refractivity contribution in [2.24, 2.45) is 0 Å². The fourth-order valence-corrected chi connectivity index (χ4v) is 2.41. The van der Waals surface area contributed by atoms with Gasteiger partial charge in [0.05, 0.1) is 17.4 Å². The van der Waals surface area contributed by atoms with Crippen molar-refractivity contribution in [2.75, 3.05) is 0 Å².